The summed E-state index contributed by atoms with van der Waals surface area (Å²) in [4.78, 5) is 2.34. The standard InChI is InChI=1S/C14H19NO2/c16-13-4-7-15(10-13)6-3-11-1-2-14-12(9-11)5-8-17-14/h1-2,9,13,16H,3-8,10H2/t13-/m0/s1. The maximum Gasteiger partial charge on any atom is 0.122 e. The number of benzene rings is 1. The van der Waals surface area contributed by atoms with Gasteiger partial charge in [0.1, 0.15) is 5.75 Å². The fourth-order valence-electron chi connectivity index (χ4n) is 2.70. The first kappa shape index (κ1) is 11.1. The lowest BCUT2D eigenvalue weighted by atomic mass is 10.1. The third-order valence-electron chi connectivity index (χ3n) is 3.72. The van der Waals surface area contributed by atoms with Gasteiger partial charge in [-0.05, 0) is 30.0 Å². The van der Waals surface area contributed by atoms with E-state index in [-0.39, 0.29) is 6.10 Å². The molecular weight excluding hydrogens is 214 g/mol. The number of aliphatic hydroxyl groups is 1. The minimum atomic E-state index is -0.108. The molecule has 2 aliphatic heterocycles. The van der Waals surface area contributed by atoms with E-state index in [2.05, 4.69) is 23.1 Å². The summed E-state index contributed by atoms with van der Waals surface area (Å²) >= 11 is 0. The van der Waals surface area contributed by atoms with E-state index >= 15 is 0 Å². The summed E-state index contributed by atoms with van der Waals surface area (Å²) < 4.78 is 5.50. The molecule has 1 aromatic carbocycles. The van der Waals surface area contributed by atoms with Crippen molar-refractivity contribution in [1.29, 1.82) is 0 Å². The Morgan fingerprint density at radius 1 is 1.41 bits per heavy atom. The van der Waals surface area contributed by atoms with Crippen LogP contribution in [0.5, 0.6) is 5.75 Å². The first-order valence-corrected chi connectivity index (χ1v) is 6.46. The van der Waals surface area contributed by atoms with Crippen LogP contribution in [0, 0.1) is 0 Å². The maximum atomic E-state index is 9.47. The molecule has 1 saturated heterocycles. The second-order valence-corrected chi connectivity index (χ2v) is 5.03. The highest BCUT2D eigenvalue weighted by molar-refractivity contribution is 5.39. The van der Waals surface area contributed by atoms with Crippen molar-refractivity contribution in [1.82, 2.24) is 4.90 Å². The van der Waals surface area contributed by atoms with E-state index in [1.54, 1.807) is 0 Å². The van der Waals surface area contributed by atoms with E-state index < -0.39 is 0 Å². The molecule has 3 rings (SSSR count). The van der Waals surface area contributed by atoms with Gasteiger partial charge in [-0.2, -0.15) is 0 Å². The van der Waals surface area contributed by atoms with E-state index in [4.69, 9.17) is 4.74 Å². The number of likely N-dealkylation sites (tertiary alicyclic amines) is 1. The summed E-state index contributed by atoms with van der Waals surface area (Å²) in [6.45, 7) is 3.76. The van der Waals surface area contributed by atoms with Gasteiger partial charge in [-0.25, -0.2) is 0 Å². The Bertz CT molecular complexity index is 405. The largest absolute Gasteiger partial charge is 0.493 e. The Morgan fingerprint density at radius 2 is 2.35 bits per heavy atom. The molecule has 17 heavy (non-hydrogen) atoms. The molecule has 2 aliphatic rings. The molecule has 1 N–H and O–H groups in total. The van der Waals surface area contributed by atoms with Crippen molar-refractivity contribution in [3.63, 3.8) is 0 Å². The van der Waals surface area contributed by atoms with Crippen LogP contribution in [0.1, 0.15) is 17.5 Å². The Kier molecular flexibility index (Phi) is 3.04. The second kappa shape index (κ2) is 4.67. The zero-order valence-corrected chi connectivity index (χ0v) is 10.1. The Balaban J connectivity index is 1.58. The Labute approximate surface area is 102 Å². The van der Waals surface area contributed by atoms with Gasteiger partial charge in [-0.15, -0.1) is 0 Å². The van der Waals surface area contributed by atoms with Crippen LogP contribution in [0.3, 0.4) is 0 Å². The van der Waals surface area contributed by atoms with Crippen molar-refractivity contribution >= 4 is 0 Å². The quantitative estimate of drug-likeness (QED) is 0.852. The highest BCUT2D eigenvalue weighted by Crippen LogP contribution is 2.26. The molecule has 2 heterocycles. The fraction of sp³-hybridized carbons (Fsp3) is 0.571. The minimum absolute atomic E-state index is 0.108. The van der Waals surface area contributed by atoms with E-state index in [0.29, 0.717) is 0 Å². The second-order valence-electron chi connectivity index (χ2n) is 5.03. The summed E-state index contributed by atoms with van der Waals surface area (Å²) in [5, 5.41) is 9.47. The van der Waals surface area contributed by atoms with Crippen LogP contribution in [0.2, 0.25) is 0 Å². The summed E-state index contributed by atoms with van der Waals surface area (Å²) in [5.41, 5.74) is 2.74. The number of aliphatic hydroxyl groups excluding tert-OH is 1. The lowest BCUT2D eigenvalue weighted by Gasteiger charge is -2.14. The van der Waals surface area contributed by atoms with Crippen LogP contribution < -0.4 is 4.74 Å². The number of rotatable bonds is 3. The fourth-order valence-corrected chi connectivity index (χ4v) is 2.70. The number of fused-ring (bicyclic) bond motifs is 1. The van der Waals surface area contributed by atoms with E-state index in [1.807, 2.05) is 0 Å². The Morgan fingerprint density at radius 3 is 3.18 bits per heavy atom. The van der Waals surface area contributed by atoms with E-state index in [0.717, 1.165) is 51.3 Å². The van der Waals surface area contributed by atoms with Crippen LogP contribution in [0.25, 0.3) is 0 Å². The molecule has 1 atom stereocenters. The summed E-state index contributed by atoms with van der Waals surface area (Å²) in [5.74, 6) is 1.06. The topological polar surface area (TPSA) is 32.7 Å². The molecule has 0 saturated carbocycles. The van der Waals surface area contributed by atoms with Crippen molar-refractivity contribution in [2.75, 3.05) is 26.2 Å². The van der Waals surface area contributed by atoms with Crippen LogP contribution in [0.15, 0.2) is 18.2 Å². The van der Waals surface area contributed by atoms with Gasteiger partial charge < -0.3 is 14.7 Å². The summed E-state index contributed by atoms with van der Waals surface area (Å²) in [6, 6.07) is 6.53. The highest BCUT2D eigenvalue weighted by Gasteiger charge is 2.19. The van der Waals surface area contributed by atoms with Gasteiger partial charge in [0.2, 0.25) is 0 Å². The van der Waals surface area contributed by atoms with Crippen molar-refractivity contribution in [3.8, 4) is 5.75 Å². The summed E-state index contributed by atoms with van der Waals surface area (Å²) in [6.07, 6.45) is 2.94. The third-order valence-corrected chi connectivity index (χ3v) is 3.72. The number of ether oxygens (including phenoxy) is 1. The summed E-state index contributed by atoms with van der Waals surface area (Å²) in [7, 11) is 0. The van der Waals surface area contributed by atoms with Gasteiger partial charge in [0.25, 0.3) is 0 Å². The maximum absolute atomic E-state index is 9.47. The lowest BCUT2D eigenvalue weighted by molar-refractivity contribution is 0.177. The molecule has 1 fully saturated rings. The molecule has 0 bridgehead atoms. The van der Waals surface area contributed by atoms with Crippen LogP contribution in [0.4, 0.5) is 0 Å². The zero-order chi connectivity index (χ0) is 11.7. The molecular formula is C14H19NO2. The van der Waals surface area contributed by atoms with Gasteiger partial charge in [0.15, 0.2) is 0 Å². The van der Waals surface area contributed by atoms with Gasteiger partial charge in [0, 0.05) is 26.1 Å². The molecule has 3 nitrogen and oxygen atoms in total. The SMILES string of the molecule is O[C@H]1CCN(CCc2ccc3c(c2)CCO3)C1. The van der Waals surface area contributed by atoms with Crippen molar-refractivity contribution in [3.05, 3.63) is 29.3 Å². The molecule has 3 heteroatoms. The molecule has 0 radical (unpaired) electrons. The van der Waals surface area contributed by atoms with Crippen molar-refractivity contribution in [2.45, 2.75) is 25.4 Å². The third kappa shape index (κ3) is 2.45. The van der Waals surface area contributed by atoms with Crippen LogP contribution >= 0.6 is 0 Å². The monoisotopic (exact) mass is 233 g/mol. The van der Waals surface area contributed by atoms with E-state index in [9.17, 15) is 5.11 Å². The highest BCUT2D eigenvalue weighted by atomic mass is 16.5. The number of β-amino-alcohol motifs (C(OH)–C–C–N with tert-alkyl or cyclic N) is 1. The van der Waals surface area contributed by atoms with Crippen LogP contribution in [-0.2, 0) is 12.8 Å². The number of hydrogen-bond acceptors (Lipinski definition) is 3. The number of nitrogens with zero attached hydrogens (tertiary/aromatic N) is 1. The first-order chi connectivity index (χ1) is 8.31. The predicted octanol–water partition coefficient (Wildman–Crippen LogP) is 1.23. The average Bonchev–Trinajstić information content (AvgIpc) is 2.94. The molecule has 0 unspecified atom stereocenters. The number of hydrogen-bond donors (Lipinski definition) is 1. The smallest absolute Gasteiger partial charge is 0.122 e. The van der Waals surface area contributed by atoms with Gasteiger partial charge in [-0.1, -0.05) is 12.1 Å². The van der Waals surface area contributed by atoms with Gasteiger partial charge in [-0.3, -0.25) is 0 Å². The molecule has 0 aliphatic carbocycles. The van der Waals surface area contributed by atoms with E-state index in [1.165, 1.54) is 11.1 Å². The molecule has 0 spiro atoms. The Hall–Kier alpha value is -1.06. The van der Waals surface area contributed by atoms with Gasteiger partial charge in [0.05, 0.1) is 12.7 Å². The normalized spacial score (nSPS) is 23.7. The zero-order valence-electron chi connectivity index (χ0n) is 10.1. The first-order valence-electron chi connectivity index (χ1n) is 6.46. The van der Waals surface area contributed by atoms with Crippen molar-refractivity contribution in [2.24, 2.45) is 0 Å². The van der Waals surface area contributed by atoms with Crippen molar-refractivity contribution < 1.29 is 9.84 Å². The molecule has 92 valence electrons. The van der Waals surface area contributed by atoms with Gasteiger partial charge >= 0.3 is 0 Å². The molecule has 1 aromatic rings. The van der Waals surface area contributed by atoms with Crippen LogP contribution in [-0.4, -0.2) is 42.4 Å². The lowest BCUT2D eigenvalue weighted by Crippen LogP contribution is -2.24. The molecule has 0 amide bonds. The average molecular weight is 233 g/mol. The minimum Gasteiger partial charge on any atom is -0.493 e. The molecule has 0 aromatic heterocycles. The predicted molar refractivity (Wildman–Crippen MR) is 66.4 cm³/mol.